The summed E-state index contributed by atoms with van der Waals surface area (Å²) in [5.41, 5.74) is 0. The number of nitrogens with zero attached hydrogens (tertiary/aromatic N) is 1. The average Bonchev–Trinajstić information content (AvgIpc) is 2.10. The minimum atomic E-state index is 0.581. The SMILES string of the molecule is [2H]N1CC(C)C(N(C)C)C1. The molecule has 0 aromatic heterocycles. The molecule has 0 aromatic carbocycles. The standard InChI is InChI=1S/C7H16N2/c1-6-4-8-5-7(6)9(2)3/h6-8H,4-5H2,1-3H3/i/hD. The molecular weight excluding hydrogens is 112 g/mol. The van der Waals surface area contributed by atoms with E-state index >= 15 is 0 Å². The molecule has 1 aliphatic rings. The molecule has 0 aliphatic carbocycles. The van der Waals surface area contributed by atoms with Crippen molar-refractivity contribution in [3.8, 4) is 0 Å². The third-order valence-corrected chi connectivity index (χ3v) is 2.05. The van der Waals surface area contributed by atoms with Gasteiger partial charge in [0.05, 0.1) is 0 Å². The number of hydrogen-bond donors (Lipinski definition) is 1. The van der Waals surface area contributed by atoms with Crippen molar-refractivity contribution in [1.29, 1.82) is 0 Å². The third kappa shape index (κ3) is 1.43. The van der Waals surface area contributed by atoms with E-state index in [-0.39, 0.29) is 0 Å². The highest BCUT2D eigenvalue weighted by atomic mass is 15.2. The van der Waals surface area contributed by atoms with Crippen molar-refractivity contribution in [1.82, 2.24) is 10.2 Å². The summed E-state index contributed by atoms with van der Waals surface area (Å²) in [5.74, 6) is 0.646. The molecule has 0 radical (unpaired) electrons. The minimum Gasteiger partial charge on any atom is -0.315 e. The maximum atomic E-state index is 7.39. The molecule has 0 spiro atoms. The topological polar surface area (TPSA) is 15.3 Å². The van der Waals surface area contributed by atoms with Crippen LogP contribution in [0.5, 0.6) is 0 Å². The smallest absolute Gasteiger partial charge is 0.122 e. The molecule has 0 aromatic rings. The van der Waals surface area contributed by atoms with Gasteiger partial charge in [0.2, 0.25) is 0 Å². The van der Waals surface area contributed by atoms with E-state index in [1.807, 2.05) is 0 Å². The zero-order chi connectivity index (χ0) is 7.72. The van der Waals surface area contributed by atoms with Crippen molar-refractivity contribution < 1.29 is 1.41 Å². The Hall–Kier alpha value is -0.0800. The highest BCUT2D eigenvalue weighted by molar-refractivity contribution is 4.83. The zero-order valence-corrected chi connectivity index (χ0v) is 6.46. The maximum Gasteiger partial charge on any atom is 0.122 e. The number of nitrogens with one attached hydrogen (secondary N) is 1. The van der Waals surface area contributed by atoms with Crippen molar-refractivity contribution in [2.45, 2.75) is 13.0 Å². The van der Waals surface area contributed by atoms with E-state index in [2.05, 4.69) is 25.9 Å². The van der Waals surface area contributed by atoms with Crippen LogP contribution in [0.4, 0.5) is 0 Å². The van der Waals surface area contributed by atoms with Gasteiger partial charge in [-0.05, 0) is 26.6 Å². The van der Waals surface area contributed by atoms with Crippen LogP contribution in [-0.4, -0.2) is 38.1 Å². The van der Waals surface area contributed by atoms with Gasteiger partial charge in [-0.2, -0.15) is 0 Å². The predicted molar refractivity (Wildman–Crippen MR) is 39.5 cm³/mol. The summed E-state index contributed by atoms with van der Waals surface area (Å²) in [6, 6.07) is 0.581. The van der Waals surface area contributed by atoms with E-state index in [1.54, 1.807) is 5.31 Å². The fourth-order valence-electron chi connectivity index (χ4n) is 1.38. The highest BCUT2D eigenvalue weighted by Gasteiger charge is 2.23. The molecule has 1 rings (SSSR count). The molecule has 9 heavy (non-hydrogen) atoms. The van der Waals surface area contributed by atoms with Crippen LogP contribution in [0.25, 0.3) is 0 Å². The number of rotatable bonds is 1. The lowest BCUT2D eigenvalue weighted by Gasteiger charge is -2.21. The Balaban J connectivity index is 2.46. The van der Waals surface area contributed by atoms with Gasteiger partial charge in [-0.15, -0.1) is 0 Å². The number of likely N-dealkylation sites (N-methyl/N-ethyl adjacent to an activating group) is 1. The first-order chi connectivity index (χ1) is 4.61. The lowest BCUT2D eigenvalue weighted by Crippen LogP contribution is -2.33. The van der Waals surface area contributed by atoms with Crippen LogP contribution in [0, 0.1) is 5.92 Å². The van der Waals surface area contributed by atoms with Gasteiger partial charge in [-0.1, -0.05) is 6.92 Å². The first-order valence-electron chi connectivity index (χ1n) is 3.96. The van der Waals surface area contributed by atoms with E-state index in [0.717, 1.165) is 13.1 Å². The van der Waals surface area contributed by atoms with Crippen molar-refractivity contribution in [3.05, 3.63) is 0 Å². The van der Waals surface area contributed by atoms with Gasteiger partial charge < -0.3 is 10.2 Å². The molecule has 54 valence electrons. The maximum absolute atomic E-state index is 7.39. The molecule has 1 aliphatic heterocycles. The Kier molecular flexibility index (Phi) is 1.69. The van der Waals surface area contributed by atoms with Gasteiger partial charge in [-0.25, -0.2) is 0 Å². The van der Waals surface area contributed by atoms with Crippen molar-refractivity contribution >= 4 is 0 Å². The van der Waals surface area contributed by atoms with Crippen LogP contribution in [0.2, 0.25) is 1.41 Å². The summed E-state index contributed by atoms with van der Waals surface area (Å²) in [6.45, 7) is 4.02. The second-order valence-electron chi connectivity index (χ2n) is 3.10. The Bertz CT molecular complexity index is 116. The highest BCUT2D eigenvalue weighted by Crippen LogP contribution is 2.11. The van der Waals surface area contributed by atoms with Crippen LogP contribution in [0.3, 0.4) is 0 Å². The van der Waals surface area contributed by atoms with E-state index < -0.39 is 0 Å². The van der Waals surface area contributed by atoms with Crippen molar-refractivity contribution in [2.24, 2.45) is 5.92 Å². The fourth-order valence-corrected chi connectivity index (χ4v) is 1.38. The van der Waals surface area contributed by atoms with E-state index in [1.165, 1.54) is 0 Å². The first kappa shape index (κ1) is 5.69. The lowest BCUT2D eigenvalue weighted by molar-refractivity contribution is 0.266. The van der Waals surface area contributed by atoms with Gasteiger partial charge in [0.1, 0.15) is 1.41 Å². The van der Waals surface area contributed by atoms with Crippen LogP contribution in [-0.2, 0) is 0 Å². The molecule has 1 saturated heterocycles. The number of hydrogen-bond acceptors (Lipinski definition) is 2. The summed E-state index contributed by atoms with van der Waals surface area (Å²) < 4.78 is 7.39. The second kappa shape index (κ2) is 2.67. The van der Waals surface area contributed by atoms with Crippen LogP contribution in [0.1, 0.15) is 6.92 Å². The zero-order valence-electron chi connectivity index (χ0n) is 7.46. The third-order valence-electron chi connectivity index (χ3n) is 2.05. The lowest BCUT2D eigenvalue weighted by atomic mass is 10.1. The van der Waals surface area contributed by atoms with E-state index in [4.69, 9.17) is 1.41 Å². The molecule has 1 fully saturated rings. The largest absolute Gasteiger partial charge is 0.315 e. The normalized spacial score (nSPS) is 39.8. The minimum absolute atomic E-state index is 0.581. The van der Waals surface area contributed by atoms with E-state index in [9.17, 15) is 0 Å². The monoisotopic (exact) mass is 129 g/mol. The molecule has 0 amide bonds. The van der Waals surface area contributed by atoms with Gasteiger partial charge in [0.25, 0.3) is 0 Å². The second-order valence-corrected chi connectivity index (χ2v) is 3.10. The average molecular weight is 129 g/mol. The van der Waals surface area contributed by atoms with E-state index in [0.29, 0.717) is 12.0 Å². The van der Waals surface area contributed by atoms with Crippen LogP contribution in [0.15, 0.2) is 0 Å². The molecule has 2 unspecified atom stereocenters. The molecule has 0 bridgehead atoms. The summed E-state index contributed by atoms with van der Waals surface area (Å²) in [6.07, 6.45) is 0. The molecule has 2 heteroatoms. The molecule has 1 heterocycles. The summed E-state index contributed by atoms with van der Waals surface area (Å²) in [7, 11) is 4.17. The quantitative estimate of drug-likeness (QED) is 0.542. The summed E-state index contributed by atoms with van der Waals surface area (Å²) in [4.78, 5) is 2.21. The Morgan fingerprint density at radius 1 is 1.56 bits per heavy atom. The first-order valence-corrected chi connectivity index (χ1v) is 3.51. The van der Waals surface area contributed by atoms with Gasteiger partial charge in [-0.3, -0.25) is 0 Å². The van der Waals surface area contributed by atoms with Crippen molar-refractivity contribution in [2.75, 3.05) is 27.2 Å². The van der Waals surface area contributed by atoms with Crippen LogP contribution < -0.4 is 5.31 Å². The predicted octanol–water partition coefficient (Wildman–Crippen LogP) is 0.156. The molecule has 2 atom stereocenters. The van der Waals surface area contributed by atoms with Gasteiger partial charge in [0.15, 0.2) is 0 Å². The van der Waals surface area contributed by atoms with Gasteiger partial charge >= 0.3 is 0 Å². The Labute approximate surface area is 58.7 Å². The fraction of sp³-hybridized carbons (Fsp3) is 1.00. The summed E-state index contributed by atoms with van der Waals surface area (Å²) in [5, 5.41) is 1.65. The Morgan fingerprint density at radius 3 is 2.44 bits per heavy atom. The molecule has 1 N–H and O–H groups in total. The molecule has 0 saturated carbocycles. The van der Waals surface area contributed by atoms with Crippen molar-refractivity contribution in [3.63, 3.8) is 0 Å². The molecular formula is C7H16N2. The summed E-state index contributed by atoms with van der Waals surface area (Å²) >= 11 is 0. The van der Waals surface area contributed by atoms with Crippen LogP contribution >= 0.6 is 0 Å². The molecule has 2 nitrogen and oxygen atoms in total. The van der Waals surface area contributed by atoms with Gasteiger partial charge in [0, 0.05) is 12.6 Å². The Morgan fingerprint density at radius 2 is 2.22 bits per heavy atom.